The van der Waals surface area contributed by atoms with Gasteiger partial charge in [-0.1, -0.05) is 37.8 Å². The molecule has 1 aliphatic heterocycles. The molecule has 1 saturated heterocycles. The van der Waals surface area contributed by atoms with E-state index in [1.54, 1.807) is 17.0 Å². The van der Waals surface area contributed by atoms with Crippen LogP contribution in [0.3, 0.4) is 0 Å². The van der Waals surface area contributed by atoms with Crippen LogP contribution in [0.5, 0.6) is 0 Å². The van der Waals surface area contributed by atoms with E-state index in [4.69, 9.17) is 0 Å². The fourth-order valence-electron chi connectivity index (χ4n) is 3.82. The fraction of sp³-hybridized carbons (Fsp3) is 0.600. The Morgan fingerprint density at radius 2 is 1.80 bits per heavy atom. The lowest BCUT2D eigenvalue weighted by Crippen LogP contribution is -2.39. The van der Waals surface area contributed by atoms with Crippen molar-refractivity contribution in [2.45, 2.75) is 57.4 Å². The molecule has 2 aliphatic rings. The van der Waals surface area contributed by atoms with Crippen molar-refractivity contribution in [1.29, 1.82) is 0 Å². The van der Waals surface area contributed by atoms with Crippen molar-refractivity contribution in [1.82, 2.24) is 10.2 Å². The number of carbonyl (C=O) groups excluding carboxylic acids is 2. The second-order valence-electron chi connectivity index (χ2n) is 7.31. The fourth-order valence-corrected chi connectivity index (χ4v) is 3.82. The number of rotatable bonds is 5. The van der Waals surface area contributed by atoms with Gasteiger partial charge in [0.2, 0.25) is 11.8 Å². The Morgan fingerprint density at radius 3 is 2.48 bits per heavy atom. The number of hydrogen-bond acceptors (Lipinski definition) is 2. The maximum Gasteiger partial charge on any atom is 0.225 e. The monoisotopic (exact) mass is 346 g/mol. The second kappa shape index (κ2) is 8.45. The van der Waals surface area contributed by atoms with Gasteiger partial charge in [0, 0.05) is 25.6 Å². The highest BCUT2D eigenvalue weighted by atomic mass is 19.1. The van der Waals surface area contributed by atoms with Gasteiger partial charge in [0.15, 0.2) is 0 Å². The predicted octanol–water partition coefficient (Wildman–Crippen LogP) is 3.06. The molecule has 1 unspecified atom stereocenters. The van der Waals surface area contributed by atoms with Gasteiger partial charge in [-0.3, -0.25) is 9.59 Å². The zero-order valence-corrected chi connectivity index (χ0v) is 14.7. The molecule has 2 amide bonds. The first-order valence-corrected chi connectivity index (χ1v) is 9.44. The third kappa shape index (κ3) is 5.03. The minimum Gasteiger partial charge on any atom is -0.353 e. The first kappa shape index (κ1) is 17.9. The molecule has 2 fully saturated rings. The molecular weight excluding hydrogens is 319 g/mol. The summed E-state index contributed by atoms with van der Waals surface area (Å²) >= 11 is 0. The molecule has 0 bridgehead atoms. The summed E-state index contributed by atoms with van der Waals surface area (Å²) in [6, 6.07) is 6.63. The standard InChI is InChI=1S/C20H27FN2O2/c21-17-9-7-15(8-10-17)11-12-23-14-16(13-19(23)24)20(25)22-18-5-3-1-2-4-6-18/h7-10,16,18H,1-6,11-14H2,(H,22,25). The molecule has 5 heteroatoms. The van der Waals surface area contributed by atoms with Crippen molar-refractivity contribution >= 4 is 11.8 Å². The predicted molar refractivity (Wildman–Crippen MR) is 94.4 cm³/mol. The number of carbonyl (C=O) groups is 2. The SMILES string of the molecule is O=C(NC1CCCCCC1)C1CC(=O)N(CCc2ccc(F)cc2)C1. The van der Waals surface area contributed by atoms with E-state index < -0.39 is 0 Å². The Labute approximate surface area is 148 Å². The average Bonchev–Trinajstić information content (AvgIpc) is 2.80. The minimum absolute atomic E-state index is 0.0320. The molecule has 0 aromatic heterocycles. The van der Waals surface area contributed by atoms with Crippen molar-refractivity contribution in [3.63, 3.8) is 0 Å². The first-order chi connectivity index (χ1) is 12.1. The molecule has 136 valence electrons. The molecular formula is C20H27FN2O2. The quantitative estimate of drug-likeness (QED) is 0.833. The molecule has 25 heavy (non-hydrogen) atoms. The topological polar surface area (TPSA) is 49.4 Å². The van der Waals surface area contributed by atoms with Crippen LogP contribution in [0.15, 0.2) is 24.3 Å². The second-order valence-corrected chi connectivity index (χ2v) is 7.31. The average molecular weight is 346 g/mol. The molecule has 1 aromatic carbocycles. The maximum absolute atomic E-state index is 12.9. The highest BCUT2D eigenvalue weighted by molar-refractivity contribution is 5.89. The van der Waals surface area contributed by atoms with E-state index in [0.29, 0.717) is 25.9 Å². The summed E-state index contributed by atoms with van der Waals surface area (Å²) < 4.78 is 12.9. The lowest BCUT2D eigenvalue weighted by molar-refractivity contribution is -0.129. The molecule has 3 rings (SSSR count). The van der Waals surface area contributed by atoms with Gasteiger partial charge < -0.3 is 10.2 Å². The molecule has 4 nitrogen and oxygen atoms in total. The summed E-state index contributed by atoms with van der Waals surface area (Å²) in [6.07, 6.45) is 7.97. The van der Waals surface area contributed by atoms with Gasteiger partial charge >= 0.3 is 0 Å². The molecule has 1 N–H and O–H groups in total. The molecule has 1 atom stereocenters. The first-order valence-electron chi connectivity index (χ1n) is 9.44. The Bertz CT molecular complexity index is 594. The highest BCUT2D eigenvalue weighted by Gasteiger charge is 2.34. The molecule has 1 heterocycles. The number of likely N-dealkylation sites (tertiary alicyclic amines) is 1. The van der Waals surface area contributed by atoms with E-state index in [0.717, 1.165) is 18.4 Å². The summed E-state index contributed by atoms with van der Waals surface area (Å²) in [5.74, 6) is -0.409. The van der Waals surface area contributed by atoms with Gasteiger partial charge in [-0.2, -0.15) is 0 Å². The van der Waals surface area contributed by atoms with E-state index >= 15 is 0 Å². The Balaban J connectivity index is 1.47. The van der Waals surface area contributed by atoms with Gasteiger partial charge in [-0.05, 0) is 37.0 Å². The summed E-state index contributed by atoms with van der Waals surface area (Å²) in [5, 5.41) is 3.16. The molecule has 0 radical (unpaired) electrons. The van der Waals surface area contributed by atoms with E-state index in [9.17, 15) is 14.0 Å². The summed E-state index contributed by atoms with van der Waals surface area (Å²) in [5.41, 5.74) is 1.00. The number of benzene rings is 1. The van der Waals surface area contributed by atoms with Gasteiger partial charge in [0.25, 0.3) is 0 Å². The largest absolute Gasteiger partial charge is 0.353 e. The highest BCUT2D eigenvalue weighted by Crippen LogP contribution is 2.21. The number of nitrogens with one attached hydrogen (secondary N) is 1. The van der Waals surface area contributed by atoms with Gasteiger partial charge in [-0.15, -0.1) is 0 Å². The third-order valence-electron chi connectivity index (χ3n) is 5.37. The Morgan fingerprint density at radius 1 is 1.12 bits per heavy atom. The van der Waals surface area contributed by atoms with Crippen LogP contribution in [0.1, 0.15) is 50.5 Å². The van der Waals surface area contributed by atoms with Crippen molar-refractivity contribution in [3.8, 4) is 0 Å². The number of nitrogens with zero attached hydrogens (tertiary/aromatic N) is 1. The summed E-state index contributed by atoms with van der Waals surface area (Å²) in [4.78, 5) is 26.5. The van der Waals surface area contributed by atoms with E-state index in [1.165, 1.54) is 37.8 Å². The van der Waals surface area contributed by atoms with Crippen LogP contribution in [-0.2, 0) is 16.0 Å². The molecule has 1 aliphatic carbocycles. The van der Waals surface area contributed by atoms with Crippen LogP contribution in [0.25, 0.3) is 0 Å². The van der Waals surface area contributed by atoms with Gasteiger partial charge in [0.05, 0.1) is 5.92 Å². The van der Waals surface area contributed by atoms with Crippen LogP contribution < -0.4 is 5.32 Å². The maximum atomic E-state index is 12.9. The van der Waals surface area contributed by atoms with Crippen LogP contribution in [0.2, 0.25) is 0 Å². The van der Waals surface area contributed by atoms with Crippen LogP contribution in [0, 0.1) is 11.7 Å². The lowest BCUT2D eigenvalue weighted by atomic mass is 10.0. The normalized spacial score (nSPS) is 22.0. The zero-order valence-electron chi connectivity index (χ0n) is 14.7. The van der Waals surface area contributed by atoms with Gasteiger partial charge in [0.1, 0.15) is 5.82 Å². The Hall–Kier alpha value is -1.91. The number of amides is 2. The lowest BCUT2D eigenvalue weighted by Gasteiger charge is -2.20. The van der Waals surface area contributed by atoms with E-state index in [-0.39, 0.29) is 29.6 Å². The smallest absolute Gasteiger partial charge is 0.225 e. The van der Waals surface area contributed by atoms with Gasteiger partial charge in [-0.25, -0.2) is 4.39 Å². The van der Waals surface area contributed by atoms with Crippen molar-refractivity contribution in [2.24, 2.45) is 5.92 Å². The Kier molecular flexibility index (Phi) is 6.05. The van der Waals surface area contributed by atoms with Crippen LogP contribution in [-0.4, -0.2) is 35.8 Å². The molecule has 0 spiro atoms. The third-order valence-corrected chi connectivity index (χ3v) is 5.37. The van der Waals surface area contributed by atoms with Crippen molar-refractivity contribution in [2.75, 3.05) is 13.1 Å². The molecule has 1 saturated carbocycles. The number of hydrogen-bond donors (Lipinski definition) is 1. The zero-order chi connectivity index (χ0) is 17.6. The van der Waals surface area contributed by atoms with Crippen molar-refractivity contribution < 1.29 is 14.0 Å². The molecule has 1 aromatic rings. The summed E-state index contributed by atoms with van der Waals surface area (Å²) in [6.45, 7) is 1.08. The van der Waals surface area contributed by atoms with Crippen LogP contribution >= 0.6 is 0 Å². The number of halogens is 1. The van der Waals surface area contributed by atoms with Crippen molar-refractivity contribution in [3.05, 3.63) is 35.6 Å². The minimum atomic E-state index is -0.253. The van der Waals surface area contributed by atoms with Crippen LogP contribution in [0.4, 0.5) is 4.39 Å². The van der Waals surface area contributed by atoms with E-state index in [1.807, 2.05) is 0 Å². The summed E-state index contributed by atoms with van der Waals surface area (Å²) in [7, 11) is 0. The van der Waals surface area contributed by atoms with E-state index in [2.05, 4.69) is 5.32 Å².